The second-order valence-corrected chi connectivity index (χ2v) is 7.86. The molecule has 3 aromatic carbocycles. The molecule has 0 bridgehead atoms. The van der Waals surface area contributed by atoms with Crippen LogP contribution in [0.4, 0.5) is 0 Å². The molecule has 2 N–H and O–H groups in total. The van der Waals surface area contributed by atoms with E-state index in [1.54, 1.807) is 60.7 Å². The predicted octanol–water partition coefficient (Wildman–Crippen LogP) is 5.42. The Bertz CT molecular complexity index is 1120. The number of halogens is 3. The molecule has 0 saturated carbocycles. The second-order valence-electron chi connectivity index (χ2n) is 6.61. The standard InChI is InChI=1S/C23H19Cl3N2O4/c1-31-20-10-14(12-27-28-23(30)21(29)15-5-3-2-4-6-15)9-19(26)22(20)32-13-16-7-8-17(24)11-18(16)25/h2-12,21,29H,13H2,1H3,(H,28,30)/b27-12+. The number of rotatable bonds is 8. The number of aliphatic hydroxyl groups excluding tert-OH is 1. The van der Waals surface area contributed by atoms with Crippen LogP contribution < -0.4 is 14.9 Å². The number of hydrogen-bond acceptors (Lipinski definition) is 5. The van der Waals surface area contributed by atoms with Crippen LogP contribution in [0.2, 0.25) is 15.1 Å². The molecular weight excluding hydrogens is 475 g/mol. The fourth-order valence-corrected chi connectivity index (χ4v) is 3.50. The van der Waals surface area contributed by atoms with Gasteiger partial charge in [0.25, 0.3) is 5.91 Å². The molecule has 32 heavy (non-hydrogen) atoms. The molecule has 3 rings (SSSR count). The number of aliphatic hydroxyl groups is 1. The summed E-state index contributed by atoms with van der Waals surface area (Å²) in [5.74, 6) is 0.0471. The van der Waals surface area contributed by atoms with Crippen molar-refractivity contribution in [2.75, 3.05) is 7.11 Å². The van der Waals surface area contributed by atoms with Gasteiger partial charge in [0.15, 0.2) is 17.6 Å². The third-order valence-corrected chi connectivity index (χ3v) is 5.26. The number of carbonyl (C=O) groups excluding carboxylic acids is 1. The van der Waals surface area contributed by atoms with E-state index in [0.717, 1.165) is 5.56 Å². The van der Waals surface area contributed by atoms with E-state index in [1.165, 1.54) is 13.3 Å². The first-order valence-electron chi connectivity index (χ1n) is 9.39. The molecular formula is C23H19Cl3N2O4. The van der Waals surface area contributed by atoms with Crippen molar-refractivity contribution in [1.29, 1.82) is 0 Å². The quantitative estimate of drug-likeness (QED) is 0.324. The van der Waals surface area contributed by atoms with Crippen LogP contribution in [0.5, 0.6) is 11.5 Å². The Balaban J connectivity index is 1.68. The van der Waals surface area contributed by atoms with E-state index < -0.39 is 12.0 Å². The van der Waals surface area contributed by atoms with Crippen molar-refractivity contribution in [3.05, 3.63) is 92.4 Å². The molecule has 0 radical (unpaired) electrons. The van der Waals surface area contributed by atoms with Gasteiger partial charge >= 0.3 is 0 Å². The lowest BCUT2D eigenvalue weighted by molar-refractivity contribution is -0.129. The minimum Gasteiger partial charge on any atom is -0.493 e. The maximum absolute atomic E-state index is 12.1. The lowest BCUT2D eigenvalue weighted by atomic mass is 10.1. The lowest BCUT2D eigenvalue weighted by Crippen LogP contribution is -2.25. The van der Waals surface area contributed by atoms with Crippen molar-refractivity contribution in [3.63, 3.8) is 0 Å². The molecule has 1 atom stereocenters. The van der Waals surface area contributed by atoms with Crippen LogP contribution in [0.3, 0.4) is 0 Å². The van der Waals surface area contributed by atoms with Crippen molar-refractivity contribution in [2.24, 2.45) is 5.10 Å². The van der Waals surface area contributed by atoms with Gasteiger partial charge in [-0.2, -0.15) is 5.10 Å². The van der Waals surface area contributed by atoms with Gasteiger partial charge in [0.1, 0.15) is 6.61 Å². The predicted molar refractivity (Wildman–Crippen MR) is 126 cm³/mol. The number of hydrogen-bond donors (Lipinski definition) is 2. The highest BCUT2D eigenvalue weighted by Crippen LogP contribution is 2.37. The van der Waals surface area contributed by atoms with Crippen LogP contribution >= 0.6 is 34.8 Å². The summed E-state index contributed by atoms with van der Waals surface area (Å²) in [5.41, 5.74) is 4.05. The lowest BCUT2D eigenvalue weighted by Gasteiger charge is -2.14. The van der Waals surface area contributed by atoms with Crippen LogP contribution in [-0.2, 0) is 11.4 Å². The molecule has 0 heterocycles. The molecule has 0 aromatic heterocycles. The van der Waals surface area contributed by atoms with E-state index in [9.17, 15) is 9.90 Å². The first-order valence-corrected chi connectivity index (χ1v) is 10.5. The third kappa shape index (κ3) is 6.14. The first-order chi connectivity index (χ1) is 15.4. The van der Waals surface area contributed by atoms with Gasteiger partial charge in [-0.3, -0.25) is 4.79 Å². The molecule has 0 fully saturated rings. The highest BCUT2D eigenvalue weighted by atomic mass is 35.5. The molecule has 9 heteroatoms. The Morgan fingerprint density at radius 2 is 1.84 bits per heavy atom. The van der Waals surface area contributed by atoms with E-state index in [2.05, 4.69) is 10.5 Å². The molecule has 3 aromatic rings. The Kier molecular flexibility index (Phi) is 8.36. The third-order valence-electron chi connectivity index (χ3n) is 4.39. The number of carbonyl (C=O) groups is 1. The average molecular weight is 494 g/mol. The summed E-state index contributed by atoms with van der Waals surface area (Å²) in [6.45, 7) is 0.160. The van der Waals surface area contributed by atoms with Crippen molar-refractivity contribution in [1.82, 2.24) is 5.43 Å². The van der Waals surface area contributed by atoms with E-state index in [4.69, 9.17) is 44.3 Å². The van der Waals surface area contributed by atoms with Crippen molar-refractivity contribution >= 4 is 46.9 Å². The van der Waals surface area contributed by atoms with Gasteiger partial charge < -0.3 is 14.6 Å². The summed E-state index contributed by atoms with van der Waals surface area (Å²) >= 11 is 18.5. The monoisotopic (exact) mass is 492 g/mol. The van der Waals surface area contributed by atoms with Gasteiger partial charge in [-0.15, -0.1) is 0 Å². The summed E-state index contributed by atoms with van der Waals surface area (Å²) in [6, 6.07) is 16.9. The van der Waals surface area contributed by atoms with E-state index >= 15 is 0 Å². The van der Waals surface area contributed by atoms with Gasteiger partial charge in [0.05, 0.1) is 18.3 Å². The molecule has 0 aliphatic rings. The minimum atomic E-state index is -1.33. The zero-order valence-corrected chi connectivity index (χ0v) is 19.2. The van der Waals surface area contributed by atoms with E-state index in [1.807, 2.05) is 0 Å². The summed E-state index contributed by atoms with van der Waals surface area (Å²) in [6.07, 6.45) is 0.0473. The molecule has 0 spiro atoms. The van der Waals surface area contributed by atoms with Crippen LogP contribution in [0.1, 0.15) is 22.8 Å². The molecule has 0 aliphatic carbocycles. The van der Waals surface area contributed by atoms with E-state index in [0.29, 0.717) is 32.7 Å². The molecule has 1 unspecified atom stereocenters. The smallest absolute Gasteiger partial charge is 0.273 e. The largest absolute Gasteiger partial charge is 0.493 e. The van der Waals surface area contributed by atoms with Crippen molar-refractivity contribution in [2.45, 2.75) is 12.7 Å². The fourth-order valence-electron chi connectivity index (χ4n) is 2.76. The number of methoxy groups -OCH3 is 1. The van der Waals surface area contributed by atoms with Crippen LogP contribution in [0, 0.1) is 0 Å². The van der Waals surface area contributed by atoms with Gasteiger partial charge in [-0.25, -0.2) is 5.43 Å². The highest BCUT2D eigenvalue weighted by molar-refractivity contribution is 6.35. The maximum Gasteiger partial charge on any atom is 0.273 e. The second kappa shape index (κ2) is 11.2. The highest BCUT2D eigenvalue weighted by Gasteiger charge is 2.16. The summed E-state index contributed by atoms with van der Waals surface area (Å²) in [4.78, 5) is 12.1. The fraction of sp³-hybridized carbons (Fsp3) is 0.130. The molecule has 166 valence electrons. The zero-order valence-electron chi connectivity index (χ0n) is 16.9. The molecule has 1 amide bonds. The zero-order chi connectivity index (χ0) is 23.1. The Morgan fingerprint density at radius 3 is 2.53 bits per heavy atom. The normalized spacial score (nSPS) is 11.9. The number of nitrogens with one attached hydrogen (secondary N) is 1. The number of amides is 1. The Morgan fingerprint density at radius 1 is 1.09 bits per heavy atom. The van der Waals surface area contributed by atoms with Gasteiger partial charge in [0.2, 0.25) is 0 Å². The Hall–Kier alpha value is -2.77. The summed E-state index contributed by atoms with van der Waals surface area (Å²) in [5, 5.41) is 15.2. The molecule has 0 saturated heterocycles. The van der Waals surface area contributed by atoms with Gasteiger partial charge in [-0.05, 0) is 35.4 Å². The minimum absolute atomic E-state index is 0.160. The first kappa shape index (κ1) is 23.9. The topological polar surface area (TPSA) is 80.2 Å². The molecule has 6 nitrogen and oxygen atoms in total. The SMILES string of the molecule is COc1cc(/C=N/NC(=O)C(O)c2ccccc2)cc(Cl)c1OCc1ccc(Cl)cc1Cl. The van der Waals surface area contributed by atoms with Crippen LogP contribution in [-0.4, -0.2) is 24.3 Å². The van der Waals surface area contributed by atoms with Crippen molar-refractivity contribution < 1.29 is 19.4 Å². The summed E-state index contributed by atoms with van der Waals surface area (Å²) in [7, 11) is 1.48. The summed E-state index contributed by atoms with van der Waals surface area (Å²) < 4.78 is 11.2. The van der Waals surface area contributed by atoms with Gasteiger partial charge in [0, 0.05) is 15.6 Å². The number of ether oxygens (including phenoxy) is 2. The average Bonchev–Trinajstić information content (AvgIpc) is 2.79. The number of benzene rings is 3. The van der Waals surface area contributed by atoms with Crippen LogP contribution in [0.25, 0.3) is 0 Å². The van der Waals surface area contributed by atoms with Gasteiger partial charge in [-0.1, -0.05) is 71.2 Å². The number of hydrazone groups is 1. The van der Waals surface area contributed by atoms with E-state index in [-0.39, 0.29) is 11.6 Å². The van der Waals surface area contributed by atoms with Crippen molar-refractivity contribution in [3.8, 4) is 11.5 Å². The molecule has 0 aliphatic heterocycles. The number of nitrogens with zero attached hydrogens (tertiary/aromatic N) is 1. The Labute approximate surface area is 200 Å². The van der Waals surface area contributed by atoms with Crippen LogP contribution in [0.15, 0.2) is 65.8 Å². The maximum atomic E-state index is 12.1.